The summed E-state index contributed by atoms with van der Waals surface area (Å²) in [5, 5.41) is 3.55. The van der Waals surface area contributed by atoms with Crippen molar-refractivity contribution in [2.75, 3.05) is 0 Å². The largest absolute Gasteiger partial charge is 0.459 e. The van der Waals surface area contributed by atoms with Crippen LogP contribution >= 0.6 is 0 Å². The number of oxime groups is 1. The predicted octanol–water partition coefficient (Wildman–Crippen LogP) is 2.65. The van der Waals surface area contributed by atoms with Gasteiger partial charge in [-0.3, -0.25) is 0 Å². The van der Waals surface area contributed by atoms with E-state index in [-0.39, 0.29) is 0 Å². The average Bonchev–Trinajstić information content (AvgIpc) is 1.84. The molecule has 3 heteroatoms. The SMILES string of the molecule is C=NO[SiH](CC(C)C)CC(C)C. The van der Waals surface area contributed by atoms with E-state index >= 15 is 0 Å². The monoisotopic (exact) mass is 187 g/mol. The van der Waals surface area contributed by atoms with Crippen LogP contribution in [0.1, 0.15) is 27.7 Å². The molecular weight excluding hydrogens is 166 g/mol. The fourth-order valence-corrected chi connectivity index (χ4v) is 4.02. The van der Waals surface area contributed by atoms with E-state index in [0.29, 0.717) is 0 Å². The van der Waals surface area contributed by atoms with Gasteiger partial charge in [-0.15, -0.1) is 5.16 Å². The molecule has 0 aromatic rings. The zero-order chi connectivity index (χ0) is 9.56. The second-order valence-electron chi connectivity index (χ2n) is 4.12. The van der Waals surface area contributed by atoms with E-state index in [9.17, 15) is 0 Å². The molecule has 0 N–H and O–H groups in total. The molecule has 0 aliphatic rings. The molecule has 0 aliphatic heterocycles. The van der Waals surface area contributed by atoms with Gasteiger partial charge in [-0.1, -0.05) is 27.7 Å². The maximum Gasteiger partial charge on any atom is 0.273 e. The summed E-state index contributed by atoms with van der Waals surface area (Å²) in [4.78, 5) is 0. The molecule has 0 radical (unpaired) electrons. The molecule has 0 unspecified atom stereocenters. The Hall–Kier alpha value is -0.313. The highest BCUT2D eigenvalue weighted by atomic mass is 28.3. The second kappa shape index (κ2) is 6.23. The lowest BCUT2D eigenvalue weighted by molar-refractivity contribution is 0.337. The molecule has 0 spiro atoms. The van der Waals surface area contributed by atoms with Gasteiger partial charge in [-0.25, -0.2) is 0 Å². The Balaban J connectivity index is 3.77. The van der Waals surface area contributed by atoms with Gasteiger partial charge in [0.2, 0.25) is 0 Å². The van der Waals surface area contributed by atoms with E-state index < -0.39 is 9.04 Å². The van der Waals surface area contributed by atoms with Crippen molar-refractivity contribution in [2.24, 2.45) is 17.0 Å². The molecule has 72 valence electrons. The summed E-state index contributed by atoms with van der Waals surface area (Å²) in [5.41, 5.74) is 0. The third-order valence-electron chi connectivity index (χ3n) is 1.69. The Morgan fingerprint density at radius 2 is 1.58 bits per heavy atom. The summed E-state index contributed by atoms with van der Waals surface area (Å²) in [6, 6.07) is 2.41. The van der Waals surface area contributed by atoms with Gasteiger partial charge in [0.15, 0.2) is 0 Å². The summed E-state index contributed by atoms with van der Waals surface area (Å²) in [6.45, 7) is 12.3. The number of nitrogens with zero attached hydrogens (tertiary/aromatic N) is 1. The molecule has 12 heavy (non-hydrogen) atoms. The van der Waals surface area contributed by atoms with Crippen molar-refractivity contribution in [1.82, 2.24) is 0 Å². The van der Waals surface area contributed by atoms with Gasteiger partial charge in [-0.05, 0) is 23.9 Å². The minimum absolute atomic E-state index is 0.724. The first-order valence-electron chi connectivity index (χ1n) is 4.68. The van der Waals surface area contributed by atoms with Crippen LogP contribution in [0.5, 0.6) is 0 Å². The van der Waals surface area contributed by atoms with Crippen LogP contribution in [0.4, 0.5) is 0 Å². The minimum Gasteiger partial charge on any atom is -0.459 e. The smallest absolute Gasteiger partial charge is 0.273 e. The summed E-state index contributed by atoms with van der Waals surface area (Å²) >= 11 is 0. The Kier molecular flexibility index (Phi) is 6.07. The van der Waals surface area contributed by atoms with Crippen LogP contribution in [0.2, 0.25) is 12.1 Å². The summed E-state index contributed by atoms with van der Waals surface area (Å²) in [7, 11) is -1.08. The highest BCUT2D eigenvalue weighted by Gasteiger charge is 2.16. The van der Waals surface area contributed by atoms with E-state index in [1.54, 1.807) is 0 Å². The van der Waals surface area contributed by atoms with Crippen molar-refractivity contribution in [3.63, 3.8) is 0 Å². The van der Waals surface area contributed by atoms with E-state index in [0.717, 1.165) is 11.8 Å². The molecule has 0 fully saturated rings. The van der Waals surface area contributed by atoms with Gasteiger partial charge in [0.05, 0.1) is 0 Å². The van der Waals surface area contributed by atoms with Gasteiger partial charge in [0.25, 0.3) is 9.04 Å². The average molecular weight is 187 g/mol. The van der Waals surface area contributed by atoms with E-state index in [1.807, 2.05) is 0 Å². The van der Waals surface area contributed by atoms with Crippen molar-refractivity contribution in [1.29, 1.82) is 0 Å². The molecule has 0 aliphatic carbocycles. The maximum absolute atomic E-state index is 5.32. The molecule has 0 aromatic carbocycles. The highest BCUT2D eigenvalue weighted by Crippen LogP contribution is 2.15. The topological polar surface area (TPSA) is 21.6 Å². The van der Waals surface area contributed by atoms with Gasteiger partial charge in [0, 0.05) is 6.72 Å². The Morgan fingerprint density at radius 3 is 1.83 bits per heavy atom. The van der Waals surface area contributed by atoms with Crippen molar-refractivity contribution in [3.8, 4) is 0 Å². The quantitative estimate of drug-likeness (QED) is 0.356. The first-order valence-corrected chi connectivity index (χ1v) is 6.78. The lowest BCUT2D eigenvalue weighted by atomic mass is 10.3. The first kappa shape index (κ1) is 11.7. The molecule has 0 amide bonds. The molecule has 0 atom stereocenters. The number of hydrogen-bond donors (Lipinski definition) is 0. The van der Waals surface area contributed by atoms with Gasteiger partial charge in [0.1, 0.15) is 0 Å². The zero-order valence-corrected chi connectivity index (χ0v) is 9.86. The second-order valence-corrected chi connectivity index (χ2v) is 6.51. The van der Waals surface area contributed by atoms with Crippen molar-refractivity contribution >= 4 is 15.8 Å². The fourth-order valence-electron chi connectivity index (χ4n) is 1.34. The van der Waals surface area contributed by atoms with Crippen LogP contribution in [0.15, 0.2) is 5.16 Å². The molecule has 0 bridgehead atoms. The Bertz CT molecular complexity index is 116. The lowest BCUT2D eigenvalue weighted by Gasteiger charge is -2.16. The molecule has 2 nitrogen and oxygen atoms in total. The van der Waals surface area contributed by atoms with Gasteiger partial charge >= 0.3 is 0 Å². The van der Waals surface area contributed by atoms with E-state index in [2.05, 4.69) is 39.6 Å². The van der Waals surface area contributed by atoms with Gasteiger partial charge in [-0.2, -0.15) is 0 Å². The summed E-state index contributed by atoms with van der Waals surface area (Å²) in [6.07, 6.45) is 0. The third kappa shape index (κ3) is 6.40. The Morgan fingerprint density at radius 1 is 1.17 bits per heavy atom. The zero-order valence-electron chi connectivity index (χ0n) is 8.71. The minimum atomic E-state index is -1.08. The van der Waals surface area contributed by atoms with Crippen LogP contribution in [0, 0.1) is 11.8 Å². The van der Waals surface area contributed by atoms with Crippen molar-refractivity contribution in [2.45, 2.75) is 39.8 Å². The Labute approximate surface area is 77.7 Å². The van der Waals surface area contributed by atoms with E-state index in [4.69, 9.17) is 4.53 Å². The lowest BCUT2D eigenvalue weighted by Crippen LogP contribution is -2.19. The molecule has 0 saturated heterocycles. The first-order chi connectivity index (χ1) is 5.56. The van der Waals surface area contributed by atoms with Crippen LogP contribution in [0.25, 0.3) is 0 Å². The van der Waals surface area contributed by atoms with E-state index in [1.165, 1.54) is 12.1 Å². The summed E-state index contributed by atoms with van der Waals surface area (Å²) in [5.74, 6) is 1.45. The molecule has 0 rings (SSSR count). The van der Waals surface area contributed by atoms with Crippen molar-refractivity contribution < 1.29 is 4.53 Å². The molecular formula is C9H21NOSi. The van der Waals surface area contributed by atoms with Crippen molar-refractivity contribution in [3.05, 3.63) is 0 Å². The molecule has 0 heterocycles. The van der Waals surface area contributed by atoms with Crippen LogP contribution in [-0.4, -0.2) is 15.8 Å². The van der Waals surface area contributed by atoms with Gasteiger partial charge < -0.3 is 4.53 Å². The van der Waals surface area contributed by atoms with Crippen LogP contribution in [0.3, 0.4) is 0 Å². The van der Waals surface area contributed by atoms with Crippen LogP contribution < -0.4 is 0 Å². The molecule has 0 saturated carbocycles. The predicted molar refractivity (Wildman–Crippen MR) is 57.1 cm³/mol. The standard InChI is InChI=1S/C9H21NOSi/c1-8(2)6-12(11-10-5)7-9(3)4/h8-9,12H,5-7H2,1-4H3. The van der Waals surface area contributed by atoms with Crippen LogP contribution in [-0.2, 0) is 4.53 Å². The third-order valence-corrected chi connectivity index (χ3v) is 5.08. The fraction of sp³-hybridized carbons (Fsp3) is 0.889. The normalized spacial score (nSPS) is 11.2. The highest BCUT2D eigenvalue weighted by molar-refractivity contribution is 6.51. The maximum atomic E-state index is 5.32. The number of rotatable bonds is 6. The molecule has 0 aromatic heterocycles. The number of hydrogen-bond acceptors (Lipinski definition) is 2. The summed E-state index contributed by atoms with van der Waals surface area (Å²) < 4.78 is 5.32.